The van der Waals surface area contributed by atoms with Crippen LogP contribution in [0.5, 0.6) is 0 Å². The molecule has 1 atom stereocenters. The van der Waals surface area contributed by atoms with Gasteiger partial charge in [0, 0.05) is 0 Å². The molecule has 13 heavy (non-hydrogen) atoms. The van der Waals surface area contributed by atoms with Gasteiger partial charge >= 0.3 is 0 Å². The number of rotatable bonds is 2. The highest BCUT2D eigenvalue weighted by Gasteiger charge is 2.11. The third-order valence-corrected chi connectivity index (χ3v) is 1.80. The summed E-state index contributed by atoms with van der Waals surface area (Å²) in [6, 6.07) is 9.35. The lowest BCUT2D eigenvalue weighted by molar-refractivity contribution is 0.785. The van der Waals surface area contributed by atoms with E-state index in [-0.39, 0.29) is 6.04 Å². The number of hydrogen-bond donors (Lipinski definition) is 2. The minimum absolute atomic E-state index is 0.306. The maximum Gasteiger partial charge on any atom is 0.195 e. The van der Waals surface area contributed by atoms with Crippen molar-refractivity contribution in [2.75, 3.05) is 0 Å². The molecule has 0 saturated heterocycles. The van der Waals surface area contributed by atoms with Gasteiger partial charge in [0.15, 0.2) is 5.82 Å². The van der Waals surface area contributed by atoms with E-state index in [2.05, 4.69) is 20.6 Å². The van der Waals surface area contributed by atoms with Crippen LogP contribution < -0.4 is 5.73 Å². The first-order chi connectivity index (χ1) is 6.38. The van der Waals surface area contributed by atoms with Gasteiger partial charge in [-0.05, 0) is 5.56 Å². The number of hydrogen-bond acceptors (Lipinski definition) is 4. The first-order valence-electron chi connectivity index (χ1n) is 3.92. The van der Waals surface area contributed by atoms with Crippen molar-refractivity contribution in [2.24, 2.45) is 5.73 Å². The molecule has 3 N–H and O–H groups in total. The lowest BCUT2D eigenvalue weighted by Gasteiger charge is -2.05. The molecule has 0 bridgehead atoms. The Morgan fingerprint density at radius 3 is 2.62 bits per heavy atom. The van der Waals surface area contributed by atoms with Gasteiger partial charge in [-0.15, -0.1) is 10.2 Å². The topological polar surface area (TPSA) is 80.5 Å². The average molecular weight is 175 g/mol. The van der Waals surface area contributed by atoms with Crippen LogP contribution in [0, 0.1) is 0 Å². The van der Waals surface area contributed by atoms with Crippen molar-refractivity contribution in [2.45, 2.75) is 6.04 Å². The summed E-state index contributed by atoms with van der Waals surface area (Å²) in [7, 11) is 0. The summed E-state index contributed by atoms with van der Waals surface area (Å²) in [4.78, 5) is 0. The highest BCUT2D eigenvalue weighted by atomic mass is 15.5. The molecule has 1 aromatic heterocycles. The standard InChI is InChI=1S/C8H9N5/c9-7(8-10-12-13-11-8)6-4-2-1-3-5-6/h1-5,7H,9H2,(H,10,11,12,13)/t7-/m1/s1. The first kappa shape index (κ1) is 7.88. The number of aromatic amines is 1. The zero-order valence-corrected chi connectivity index (χ0v) is 6.88. The predicted molar refractivity (Wildman–Crippen MR) is 46.7 cm³/mol. The molecule has 0 fully saturated rings. The van der Waals surface area contributed by atoms with Gasteiger partial charge in [-0.2, -0.15) is 5.21 Å². The predicted octanol–water partition coefficient (Wildman–Crippen LogP) is 0.248. The van der Waals surface area contributed by atoms with Gasteiger partial charge in [-0.25, -0.2) is 0 Å². The molecule has 0 saturated carbocycles. The van der Waals surface area contributed by atoms with Crippen molar-refractivity contribution >= 4 is 0 Å². The van der Waals surface area contributed by atoms with Crippen molar-refractivity contribution in [3.8, 4) is 0 Å². The molecule has 0 aliphatic rings. The average Bonchev–Trinajstić information content (AvgIpc) is 2.71. The summed E-state index contributed by atoms with van der Waals surface area (Å²) in [5.74, 6) is 0.506. The van der Waals surface area contributed by atoms with Crippen molar-refractivity contribution in [3.63, 3.8) is 0 Å². The number of tetrazole rings is 1. The Morgan fingerprint density at radius 2 is 2.00 bits per heavy atom. The van der Waals surface area contributed by atoms with Crippen LogP contribution in [0.3, 0.4) is 0 Å². The minimum atomic E-state index is -0.306. The van der Waals surface area contributed by atoms with Crippen molar-refractivity contribution in [1.82, 2.24) is 20.6 Å². The summed E-state index contributed by atoms with van der Waals surface area (Å²) in [6.45, 7) is 0. The molecule has 0 aliphatic heterocycles. The molecular weight excluding hydrogens is 166 g/mol. The highest BCUT2D eigenvalue weighted by molar-refractivity contribution is 5.22. The van der Waals surface area contributed by atoms with Crippen molar-refractivity contribution in [3.05, 3.63) is 41.7 Å². The molecule has 0 aliphatic carbocycles. The van der Waals surface area contributed by atoms with Gasteiger partial charge in [-0.3, -0.25) is 0 Å². The fourth-order valence-electron chi connectivity index (χ4n) is 1.11. The maximum atomic E-state index is 5.88. The Hall–Kier alpha value is -1.75. The molecule has 2 rings (SSSR count). The Labute approximate surface area is 75.0 Å². The largest absolute Gasteiger partial charge is 0.318 e. The van der Waals surface area contributed by atoms with Crippen LogP contribution in [0.15, 0.2) is 30.3 Å². The van der Waals surface area contributed by atoms with Crippen LogP contribution in [0.4, 0.5) is 0 Å². The summed E-state index contributed by atoms with van der Waals surface area (Å²) in [5.41, 5.74) is 6.85. The van der Waals surface area contributed by atoms with E-state index in [0.29, 0.717) is 5.82 Å². The summed E-state index contributed by atoms with van der Waals surface area (Å²) < 4.78 is 0. The number of nitrogens with zero attached hydrogens (tertiary/aromatic N) is 3. The third-order valence-electron chi connectivity index (χ3n) is 1.80. The van der Waals surface area contributed by atoms with E-state index in [0.717, 1.165) is 5.56 Å². The fraction of sp³-hybridized carbons (Fsp3) is 0.125. The summed E-state index contributed by atoms with van der Waals surface area (Å²) >= 11 is 0. The van der Waals surface area contributed by atoms with Gasteiger partial charge in [-0.1, -0.05) is 35.5 Å². The highest BCUT2D eigenvalue weighted by Crippen LogP contribution is 2.13. The van der Waals surface area contributed by atoms with Crippen molar-refractivity contribution in [1.29, 1.82) is 0 Å². The van der Waals surface area contributed by atoms with Crippen LogP contribution in [0.1, 0.15) is 17.4 Å². The lowest BCUT2D eigenvalue weighted by atomic mass is 10.1. The number of H-pyrrole nitrogens is 1. The zero-order valence-electron chi connectivity index (χ0n) is 6.88. The summed E-state index contributed by atoms with van der Waals surface area (Å²) in [5, 5.41) is 13.5. The number of benzene rings is 1. The van der Waals surface area contributed by atoms with Crippen LogP contribution in [0.2, 0.25) is 0 Å². The van der Waals surface area contributed by atoms with Crippen LogP contribution in [0.25, 0.3) is 0 Å². The SMILES string of the molecule is N[C@H](c1ccccc1)c1nn[nH]n1. The van der Waals surface area contributed by atoms with E-state index in [4.69, 9.17) is 5.73 Å². The molecule has 0 radical (unpaired) electrons. The molecule has 1 aromatic carbocycles. The van der Waals surface area contributed by atoms with Gasteiger partial charge in [0.1, 0.15) is 0 Å². The Morgan fingerprint density at radius 1 is 1.23 bits per heavy atom. The molecule has 66 valence electrons. The van der Waals surface area contributed by atoms with Crippen LogP contribution >= 0.6 is 0 Å². The molecule has 0 unspecified atom stereocenters. The Balaban J connectivity index is 2.29. The maximum absolute atomic E-state index is 5.88. The van der Waals surface area contributed by atoms with Gasteiger partial charge in [0.05, 0.1) is 6.04 Å². The van der Waals surface area contributed by atoms with E-state index in [9.17, 15) is 0 Å². The number of nitrogens with two attached hydrogens (primary N) is 1. The monoisotopic (exact) mass is 175 g/mol. The van der Waals surface area contributed by atoms with E-state index >= 15 is 0 Å². The quantitative estimate of drug-likeness (QED) is 0.685. The van der Waals surface area contributed by atoms with Crippen LogP contribution in [-0.2, 0) is 0 Å². The molecule has 1 heterocycles. The lowest BCUT2D eigenvalue weighted by Crippen LogP contribution is -2.13. The second-order valence-electron chi connectivity index (χ2n) is 2.66. The minimum Gasteiger partial charge on any atom is -0.318 e. The Kier molecular flexibility index (Phi) is 2.01. The Bertz CT molecular complexity index is 355. The van der Waals surface area contributed by atoms with E-state index in [1.165, 1.54) is 0 Å². The molecule has 0 amide bonds. The number of nitrogens with one attached hydrogen (secondary N) is 1. The fourth-order valence-corrected chi connectivity index (χ4v) is 1.11. The van der Waals surface area contributed by atoms with E-state index < -0.39 is 0 Å². The van der Waals surface area contributed by atoms with Crippen LogP contribution in [-0.4, -0.2) is 20.6 Å². The second-order valence-corrected chi connectivity index (χ2v) is 2.66. The smallest absolute Gasteiger partial charge is 0.195 e. The van der Waals surface area contributed by atoms with Gasteiger partial charge in [0.25, 0.3) is 0 Å². The number of aromatic nitrogens is 4. The molecule has 2 aromatic rings. The van der Waals surface area contributed by atoms with Gasteiger partial charge < -0.3 is 5.73 Å². The normalized spacial score (nSPS) is 12.7. The summed E-state index contributed by atoms with van der Waals surface area (Å²) in [6.07, 6.45) is 0. The second kappa shape index (κ2) is 3.32. The molecule has 5 heteroatoms. The van der Waals surface area contributed by atoms with E-state index in [1.807, 2.05) is 30.3 Å². The van der Waals surface area contributed by atoms with E-state index in [1.54, 1.807) is 0 Å². The third kappa shape index (κ3) is 1.54. The van der Waals surface area contributed by atoms with Gasteiger partial charge in [0.2, 0.25) is 0 Å². The van der Waals surface area contributed by atoms with Crippen molar-refractivity contribution < 1.29 is 0 Å². The molecular formula is C8H9N5. The molecule has 5 nitrogen and oxygen atoms in total. The molecule has 0 spiro atoms. The first-order valence-corrected chi connectivity index (χ1v) is 3.92. The zero-order chi connectivity index (χ0) is 9.10.